The largest absolute Gasteiger partial charge is 0.469 e. The monoisotopic (exact) mass is 278 g/mol. The standard InChI is InChI=1S/C11H22N2O4S/c1-9-5-4-6-13(8-9)18(15,16)12-7-10(2)11(14)17-3/h9-10,12H,4-8H2,1-3H3/t9-,10+/m1/s1. The fourth-order valence-corrected chi connectivity index (χ4v) is 3.43. The molecular formula is C11H22N2O4S. The Morgan fingerprint density at radius 3 is 2.78 bits per heavy atom. The maximum absolute atomic E-state index is 12.0. The van der Waals surface area contributed by atoms with Crippen molar-refractivity contribution >= 4 is 16.2 Å². The Morgan fingerprint density at radius 1 is 1.56 bits per heavy atom. The van der Waals surface area contributed by atoms with Crippen LogP contribution in [0.25, 0.3) is 0 Å². The predicted molar refractivity (Wildman–Crippen MR) is 68.1 cm³/mol. The van der Waals surface area contributed by atoms with E-state index in [0.717, 1.165) is 12.8 Å². The van der Waals surface area contributed by atoms with Crippen LogP contribution in [0.3, 0.4) is 0 Å². The SMILES string of the molecule is COC(=O)[C@@H](C)CNS(=O)(=O)N1CCC[C@@H](C)C1. The highest BCUT2D eigenvalue weighted by atomic mass is 32.2. The number of methoxy groups -OCH3 is 1. The van der Waals surface area contributed by atoms with Crippen molar-refractivity contribution in [2.75, 3.05) is 26.7 Å². The summed E-state index contributed by atoms with van der Waals surface area (Å²) in [6, 6.07) is 0. The third kappa shape index (κ3) is 4.22. The lowest BCUT2D eigenvalue weighted by Gasteiger charge is -2.30. The molecular weight excluding hydrogens is 256 g/mol. The Balaban J connectivity index is 2.51. The van der Waals surface area contributed by atoms with Gasteiger partial charge in [-0.25, -0.2) is 4.72 Å². The summed E-state index contributed by atoms with van der Waals surface area (Å²) in [6.07, 6.45) is 1.94. The maximum Gasteiger partial charge on any atom is 0.309 e. The first-order valence-electron chi connectivity index (χ1n) is 6.19. The van der Waals surface area contributed by atoms with Crippen LogP contribution in [0.5, 0.6) is 0 Å². The number of piperidine rings is 1. The average molecular weight is 278 g/mol. The highest BCUT2D eigenvalue weighted by molar-refractivity contribution is 7.87. The molecule has 2 atom stereocenters. The van der Waals surface area contributed by atoms with Gasteiger partial charge in [-0.3, -0.25) is 4.79 Å². The van der Waals surface area contributed by atoms with E-state index in [2.05, 4.69) is 9.46 Å². The Labute approximate surface area is 109 Å². The third-order valence-corrected chi connectivity index (χ3v) is 4.68. The molecule has 1 fully saturated rings. The molecule has 1 N–H and O–H groups in total. The molecule has 7 heteroatoms. The number of nitrogens with one attached hydrogen (secondary N) is 1. The van der Waals surface area contributed by atoms with Gasteiger partial charge in [0, 0.05) is 19.6 Å². The lowest BCUT2D eigenvalue weighted by Crippen LogP contribution is -2.47. The van der Waals surface area contributed by atoms with E-state index in [9.17, 15) is 13.2 Å². The number of carbonyl (C=O) groups is 1. The zero-order valence-corrected chi connectivity index (χ0v) is 12.0. The van der Waals surface area contributed by atoms with Crippen LogP contribution in [0, 0.1) is 11.8 Å². The van der Waals surface area contributed by atoms with Gasteiger partial charge >= 0.3 is 5.97 Å². The maximum atomic E-state index is 12.0. The van der Waals surface area contributed by atoms with Gasteiger partial charge in [0.05, 0.1) is 13.0 Å². The van der Waals surface area contributed by atoms with Crippen LogP contribution < -0.4 is 4.72 Å². The molecule has 0 radical (unpaired) electrons. The lowest BCUT2D eigenvalue weighted by molar-refractivity contribution is -0.144. The van der Waals surface area contributed by atoms with E-state index in [-0.39, 0.29) is 6.54 Å². The van der Waals surface area contributed by atoms with Gasteiger partial charge in [-0.2, -0.15) is 12.7 Å². The van der Waals surface area contributed by atoms with Crippen LogP contribution >= 0.6 is 0 Å². The van der Waals surface area contributed by atoms with Crippen molar-refractivity contribution in [3.63, 3.8) is 0 Å². The molecule has 0 unspecified atom stereocenters. The molecule has 0 aromatic heterocycles. The van der Waals surface area contributed by atoms with Gasteiger partial charge in [-0.15, -0.1) is 0 Å². The highest BCUT2D eigenvalue weighted by Crippen LogP contribution is 2.17. The zero-order valence-electron chi connectivity index (χ0n) is 11.2. The fraction of sp³-hybridized carbons (Fsp3) is 0.909. The van der Waals surface area contributed by atoms with Crippen LogP contribution in [0.4, 0.5) is 0 Å². The minimum Gasteiger partial charge on any atom is -0.469 e. The molecule has 106 valence electrons. The Kier molecular flexibility index (Phi) is 5.55. The summed E-state index contributed by atoms with van der Waals surface area (Å²) in [5.74, 6) is -0.509. The van der Waals surface area contributed by atoms with Crippen molar-refractivity contribution in [3.8, 4) is 0 Å². The van der Waals surface area contributed by atoms with Crippen molar-refractivity contribution in [2.45, 2.75) is 26.7 Å². The van der Waals surface area contributed by atoms with Gasteiger partial charge in [-0.05, 0) is 18.8 Å². The Hall–Kier alpha value is -0.660. The van der Waals surface area contributed by atoms with Crippen LogP contribution in [0.2, 0.25) is 0 Å². The molecule has 0 amide bonds. The highest BCUT2D eigenvalue weighted by Gasteiger charge is 2.27. The molecule has 0 saturated carbocycles. The van der Waals surface area contributed by atoms with Crippen molar-refractivity contribution in [2.24, 2.45) is 11.8 Å². The fourth-order valence-electron chi connectivity index (χ4n) is 1.97. The Bertz CT molecular complexity index is 383. The summed E-state index contributed by atoms with van der Waals surface area (Å²) < 4.78 is 32.5. The first kappa shape index (κ1) is 15.4. The summed E-state index contributed by atoms with van der Waals surface area (Å²) in [6.45, 7) is 4.83. The summed E-state index contributed by atoms with van der Waals surface area (Å²) in [7, 11) is -2.19. The van der Waals surface area contributed by atoms with E-state index in [1.165, 1.54) is 11.4 Å². The second kappa shape index (κ2) is 6.49. The van der Waals surface area contributed by atoms with E-state index < -0.39 is 22.1 Å². The number of hydrogen-bond donors (Lipinski definition) is 1. The van der Waals surface area contributed by atoms with E-state index in [4.69, 9.17) is 0 Å². The van der Waals surface area contributed by atoms with Crippen LogP contribution in [0.1, 0.15) is 26.7 Å². The van der Waals surface area contributed by atoms with Gasteiger partial charge in [0.2, 0.25) is 0 Å². The van der Waals surface area contributed by atoms with Crippen molar-refractivity contribution in [1.82, 2.24) is 9.03 Å². The summed E-state index contributed by atoms with van der Waals surface area (Å²) in [5, 5.41) is 0. The van der Waals surface area contributed by atoms with E-state index in [1.54, 1.807) is 6.92 Å². The van der Waals surface area contributed by atoms with Crippen LogP contribution in [-0.2, 0) is 19.7 Å². The third-order valence-electron chi connectivity index (χ3n) is 3.14. The molecule has 0 spiro atoms. The molecule has 0 aromatic carbocycles. The second-order valence-corrected chi connectivity index (χ2v) is 6.64. The summed E-state index contributed by atoms with van der Waals surface area (Å²) in [4.78, 5) is 11.2. The minimum atomic E-state index is -3.48. The molecule has 1 saturated heterocycles. The number of carbonyl (C=O) groups excluding carboxylic acids is 1. The average Bonchev–Trinajstić information content (AvgIpc) is 2.35. The Morgan fingerprint density at radius 2 is 2.22 bits per heavy atom. The smallest absolute Gasteiger partial charge is 0.309 e. The zero-order chi connectivity index (χ0) is 13.8. The molecule has 18 heavy (non-hydrogen) atoms. The van der Waals surface area contributed by atoms with Gasteiger partial charge < -0.3 is 4.74 Å². The second-order valence-electron chi connectivity index (χ2n) is 4.88. The van der Waals surface area contributed by atoms with E-state index in [1.807, 2.05) is 6.92 Å². The van der Waals surface area contributed by atoms with Gasteiger partial charge in [0.25, 0.3) is 10.2 Å². The minimum absolute atomic E-state index is 0.0693. The molecule has 1 heterocycles. The first-order chi connectivity index (χ1) is 8.36. The van der Waals surface area contributed by atoms with Crippen LogP contribution in [0.15, 0.2) is 0 Å². The molecule has 1 aliphatic rings. The number of rotatable bonds is 5. The van der Waals surface area contributed by atoms with Gasteiger partial charge in [0.1, 0.15) is 0 Å². The first-order valence-corrected chi connectivity index (χ1v) is 7.63. The van der Waals surface area contributed by atoms with Gasteiger partial charge in [0.15, 0.2) is 0 Å². The number of nitrogens with zero attached hydrogens (tertiary/aromatic N) is 1. The number of hydrogen-bond acceptors (Lipinski definition) is 4. The molecule has 1 rings (SSSR count). The summed E-state index contributed by atoms with van der Waals surface area (Å²) >= 11 is 0. The molecule has 0 aromatic rings. The van der Waals surface area contributed by atoms with Gasteiger partial charge in [-0.1, -0.05) is 13.8 Å². The lowest BCUT2D eigenvalue weighted by atomic mass is 10.0. The molecule has 6 nitrogen and oxygen atoms in total. The quantitative estimate of drug-likeness (QED) is 0.737. The van der Waals surface area contributed by atoms with Crippen molar-refractivity contribution < 1.29 is 17.9 Å². The van der Waals surface area contributed by atoms with E-state index >= 15 is 0 Å². The molecule has 1 aliphatic heterocycles. The predicted octanol–water partition coefficient (Wildman–Crippen LogP) is 0.362. The summed E-state index contributed by atoms with van der Waals surface area (Å²) in [5.41, 5.74) is 0. The van der Waals surface area contributed by atoms with E-state index in [0.29, 0.717) is 19.0 Å². The molecule has 0 bridgehead atoms. The topological polar surface area (TPSA) is 75.7 Å². The number of ether oxygens (including phenoxy) is 1. The van der Waals surface area contributed by atoms with Crippen molar-refractivity contribution in [1.29, 1.82) is 0 Å². The molecule has 0 aliphatic carbocycles. The number of esters is 1. The normalized spacial score (nSPS) is 23.6. The van der Waals surface area contributed by atoms with Crippen molar-refractivity contribution in [3.05, 3.63) is 0 Å². The van der Waals surface area contributed by atoms with Crippen LogP contribution in [-0.4, -0.2) is 45.4 Å².